The molecule has 0 aliphatic rings. The van der Waals surface area contributed by atoms with Crippen molar-refractivity contribution in [2.75, 3.05) is 6.61 Å². The molecule has 0 aliphatic carbocycles. The molecule has 1 unspecified atom stereocenters. The van der Waals surface area contributed by atoms with E-state index < -0.39 is 18.1 Å². The van der Waals surface area contributed by atoms with Crippen LogP contribution in [0.5, 0.6) is 0 Å². The summed E-state index contributed by atoms with van der Waals surface area (Å²) in [6.07, 6.45) is -0.607. The molecule has 1 aromatic rings. The Morgan fingerprint density at radius 1 is 1.08 bits per heavy atom. The van der Waals surface area contributed by atoms with E-state index >= 15 is 0 Å². The molecule has 1 aromatic carbocycles. The van der Waals surface area contributed by atoms with Gasteiger partial charge in [-0.05, 0) is 24.8 Å². The average molecular weight is 335 g/mol. The molecule has 0 saturated heterocycles. The minimum absolute atomic E-state index is 0.118. The fraction of sp³-hybridized carbons (Fsp3) is 0.500. The van der Waals surface area contributed by atoms with Crippen molar-refractivity contribution in [3.05, 3.63) is 35.9 Å². The van der Waals surface area contributed by atoms with E-state index in [9.17, 15) is 14.4 Å². The van der Waals surface area contributed by atoms with Gasteiger partial charge in [0.05, 0.1) is 12.6 Å². The number of alkyl carbamates (subject to hydrolysis) is 1. The van der Waals surface area contributed by atoms with Crippen molar-refractivity contribution in [2.45, 2.75) is 46.3 Å². The molecule has 1 rings (SSSR count). The quantitative estimate of drug-likeness (QED) is 0.554. The lowest BCUT2D eigenvalue weighted by atomic mass is 9.99. The van der Waals surface area contributed by atoms with Gasteiger partial charge in [-0.15, -0.1) is 0 Å². The highest BCUT2D eigenvalue weighted by molar-refractivity contribution is 5.99. The Morgan fingerprint density at radius 3 is 2.33 bits per heavy atom. The summed E-state index contributed by atoms with van der Waals surface area (Å²) in [5, 5.41) is 2.55. The third-order valence-electron chi connectivity index (χ3n) is 3.22. The molecule has 0 saturated carbocycles. The van der Waals surface area contributed by atoms with Crippen LogP contribution in [0, 0.1) is 5.92 Å². The van der Waals surface area contributed by atoms with E-state index in [1.54, 1.807) is 6.92 Å². The normalized spacial score (nSPS) is 11.7. The summed E-state index contributed by atoms with van der Waals surface area (Å²) in [6.45, 7) is 5.87. The number of Topliss-reactive ketones (excluding diaryl/α,β-unsaturated/α-hetero) is 1. The predicted octanol–water partition coefficient (Wildman–Crippen LogP) is 2.85. The van der Waals surface area contributed by atoms with Gasteiger partial charge in [-0.25, -0.2) is 4.79 Å². The van der Waals surface area contributed by atoms with Gasteiger partial charge in [0.25, 0.3) is 0 Å². The number of carbonyl (C=O) groups is 3. The highest BCUT2D eigenvalue weighted by atomic mass is 16.5. The highest BCUT2D eigenvalue weighted by Crippen LogP contribution is 2.09. The summed E-state index contributed by atoms with van der Waals surface area (Å²) in [7, 11) is 0. The summed E-state index contributed by atoms with van der Waals surface area (Å²) in [6, 6.07) is 8.48. The van der Waals surface area contributed by atoms with Crippen molar-refractivity contribution >= 4 is 17.8 Å². The number of amides is 1. The molecule has 1 N–H and O–H groups in total. The summed E-state index contributed by atoms with van der Waals surface area (Å²) in [5.74, 6) is -0.787. The molecule has 6 heteroatoms. The van der Waals surface area contributed by atoms with Gasteiger partial charge in [-0.1, -0.05) is 44.2 Å². The molecule has 0 aliphatic heterocycles. The first kappa shape index (κ1) is 19.7. The minimum Gasteiger partial charge on any atom is -0.466 e. The molecule has 24 heavy (non-hydrogen) atoms. The molecule has 0 heterocycles. The maximum atomic E-state index is 12.2. The first-order valence-electron chi connectivity index (χ1n) is 8.07. The first-order chi connectivity index (χ1) is 11.4. The van der Waals surface area contributed by atoms with E-state index in [-0.39, 0.29) is 31.3 Å². The Kier molecular flexibility index (Phi) is 8.54. The third-order valence-corrected chi connectivity index (χ3v) is 3.22. The monoisotopic (exact) mass is 335 g/mol. The molecule has 1 atom stereocenters. The lowest BCUT2D eigenvalue weighted by Crippen LogP contribution is -2.42. The minimum atomic E-state index is -0.766. The molecule has 6 nitrogen and oxygen atoms in total. The van der Waals surface area contributed by atoms with E-state index in [0.29, 0.717) is 6.42 Å². The lowest BCUT2D eigenvalue weighted by Gasteiger charge is -2.19. The van der Waals surface area contributed by atoms with Crippen LogP contribution in [-0.4, -0.2) is 30.5 Å². The number of ether oxygens (including phenoxy) is 2. The van der Waals surface area contributed by atoms with Crippen molar-refractivity contribution in [1.29, 1.82) is 0 Å². The molecule has 0 bridgehead atoms. The zero-order valence-corrected chi connectivity index (χ0v) is 14.4. The smallest absolute Gasteiger partial charge is 0.408 e. The van der Waals surface area contributed by atoms with Crippen LogP contribution in [0.25, 0.3) is 0 Å². The number of nitrogens with one attached hydrogen (secondary N) is 1. The second-order valence-corrected chi connectivity index (χ2v) is 5.84. The number of esters is 1. The number of rotatable bonds is 9. The van der Waals surface area contributed by atoms with Crippen LogP contribution in [0.1, 0.15) is 39.2 Å². The third kappa shape index (κ3) is 7.76. The zero-order valence-electron chi connectivity index (χ0n) is 14.4. The van der Waals surface area contributed by atoms with Gasteiger partial charge in [0.1, 0.15) is 13.0 Å². The van der Waals surface area contributed by atoms with Gasteiger partial charge in [0.2, 0.25) is 0 Å². The summed E-state index contributed by atoms with van der Waals surface area (Å²) in [4.78, 5) is 35.6. The van der Waals surface area contributed by atoms with Gasteiger partial charge in [0, 0.05) is 0 Å². The van der Waals surface area contributed by atoms with Gasteiger partial charge in [0.15, 0.2) is 5.78 Å². The first-order valence-corrected chi connectivity index (χ1v) is 8.07. The maximum absolute atomic E-state index is 12.2. The molecule has 132 valence electrons. The van der Waals surface area contributed by atoms with Crippen LogP contribution < -0.4 is 5.32 Å². The van der Waals surface area contributed by atoms with Gasteiger partial charge < -0.3 is 14.8 Å². The molecule has 0 radical (unpaired) electrons. The Labute approximate surface area is 142 Å². The lowest BCUT2D eigenvalue weighted by molar-refractivity contribution is -0.146. The summed E-state index contributed by atoms with van der Waals surface area (Å²) in [5.41, 5.74) is 0.853. The van der Waals surface area contributed by atoms with Crippen molar-refractivity contribution in [3.8, 4) is 0 Å². The second kappa shape index (κ2) is 10.4. The van der Waals surface area contributed by atoms with E-state index in [2.05, 4.69) is 5.32 Å². The fourth-order valence-electron chi connectivity index (χ4n) is 2.13. The van der Waals surface area contributed by atoms with Crippen molar-refractivity contribution in [2.24, 2.45) is 5.92 Å². The van der Waals surface area contributed by atoms with Gasteiger partial charge >= 0.3 is 12.1 Å². The predicted molar refractivity (Wildman–Crippen MR) is 89.3 cm³/mol. The van der Waals surface area contributed by atoms with Crippen LogP contribution in [0.2, 0.25) is 0 Å². The number of ketones is 1. The highest BCUT2D eigenvalue weighted by Gasteiger charge is 2.25. The second-order valence-electron chi connectivity index (χ2n) is 5.84. The van der Waals surface area contributed by atoms with Crippen LogP contribution in [-0.2, 0) is 25.7 Å². The maximum Gasteiger partial charge on any atom is 0.408 e. The molecular formula is C18H25NO5. The molecular weight excluding hydrogens is 310 g/mol. The summed E-state index contributed by atoms with van der Waals surface area (Å²) < 4.78 is 9.90. The number of carbonyl (C=O) groups excluding carboxylic acids is 3. The van der Waals surface area contributed by atoms with Crippen LogP contribution >= 0.6 is 0 Å². The molecule has 1 amide bonds. The van der Waals surface area contributed by atoms with Crippen LogP contribution in [0.15, 0.2) is 30.3 Å². The summed E-state index contributed by atoms with van der Waals surface area (Å²) >= 11 is 0. The molecule has 0 fully saturated rings. The van der Waals surface area contributed by atoms with E-state index in [1.807, 2.05) is 44.2 Å². The van der Waals surface area contributed by atoms with E-state index in [4.69, 9.17) is 9.47 Å². The van der Waals surface area contributed by atoms with E-state index in [1.165, 1.54) is 0 Å². The topological polar surface area (TPSA) is 81.7 Å². The van der Waals surface area contributed by atoms with Crippen molar-refractivity contribution in [3.63, 3.8) is 0 Å². The molecule has 0 aromatic heterocycles. The van der Waals surface area contributed by atoms with Crippen LogP contribution in [0.3, 0.4) is 0 Å². The largest absolute Gasteiger partial charge is 0.466 e. The van der Waals surface area contributed by atoms with Crippen molar-refractivity contribution < 1.29 is 23.9 Å². The van der Waals surface area contributed by atoms with E-state index in [0.717, 1.165) is 5.56 Å². The number of hydrogen-bond acceptors (Lipinski definition) is 5. The van der Waals surface area contributed by atoms with Crippen molar-refractivity contribution in [1.82, 2.24) is 5.32 Å². The number of benzene rings is 1. The standard InChI is InChI=1S/C18H25NO5/c1-4-23-17(21)11-16(20)15(10-13(2)3)19-18(22)24-12-14-8-6-5-7-9-14/h5-9,13,15H,4,10-12H2,1-3H3,(H,19,22). The van der Waals surface area contributed by atoms with Crippen LogP contribution in [0.4, 0.5) is 4.79 Å². The Balaban J connectivity index is 2.56. The fourth-order valence-corrected chi connectivity index (χ4v) is 2.13. The number of hydrogen-bond donors (Lipinski definition) is 1. The Hall–Kier alpha value is -2.37. The zero-order chi connectivity index (χ0) is 17.9. The Bertz CT molecular complexity index is 542. The van der Waals surface area contributed by atoms with Gasteiger partial charge in [-0.3, -0.25) is 9.59 Å². The van der Waals surface area contributed by atoms with Gasteiger partial charge in [-0.2, -0.15) is 0 Å². The average Bonchev–Trinajstić information content (AvgIpc) is 2.53. The molecule has 0 spiro atoms. The SMILES string of the molecule is CCOC(=O)CC(=O)C(CC(C)C)NC(=O)OCc1ccccc1. The Morgan fingerprint density at radius 2 is 1.75 bits per heavy atom.